The molecule has 4 heteroatoms. The lowest BCUT2D eigenvalue weighted by Gasteiger charge is -2.35. The summed E-state index contributed by atoms with van der Waals surface area (Å²) in [6, 6.07) is 5.92. The minimum atomic E-state index is 0.288. The molecule has 2 aromatic rings. The highest BCUT2D eigenvalue weighted by molar-refractivity contribution is 7.18. The standard InChI is InChI=1S/C15H19ClN2S/c16-11-4-5-12-13(8-11)19-14(18-12)9-15(10-17)6-2-1-3-7-15/h4-5,8H,1-3,6-7,9-10,17H2. The molecule has 19 heavy (non-hydrogen) atoms. The Balaban J connectivity index is 1.87. The summed E-state index contributed by atoms with van der Waals surface area (Å²) in [7, 11) is 0. The molecule has 0 bridgehead atoms. The maximum absolute atomic E-state index is 6.06. The van der Waals surface area contributed by atoms with Gasteiger partial charge in [0.2, 0.25) is 0 Å². The van der Waals surface area contributed by atoms with E-state index in [9.17, 15) is 0 Å². The average molecular weight is 295 g/mol. The van der Waals surface area contributed by atoms with Crippen LogP contribution in [0.15, 0.2) is 18.2 Å². The van der Waals surface area contributed by atoms with Crippen LogP contribution >= 0.6 is 22.9 Å². The highest BCUT2D eigenvalue weighted by Crippen LogP contribution is 2.39. The van der Waals surface area contributed by atoms with E-state index in [-0.39, 0.29) is 5.41 Å². The first-order chi connectivity index (χ1) is 9.21. The molecule has 0 spiro atoms. The Bertz CT molecular complexity index is 573. The van der Waals surface area contributed by atoms with Gasteiger partial charge in [0, 0.05) is 11.4 Å². The van der Waals surface area contributed by atoms with E-state index in [4.69, 9.17) is 22.3 Å². The van der Waals surface area contributed by atoms with Crippen molar-refractivity contribution in [3.8, 4) is 0 Å². The van der Waals surface area contributed by atoms with Crippen LogP contribution in [0.2, 0.25) is 5.02 Å². The number of nitrogens with zero attached hydrogens (tertiary/aromatic N) is 1. The maximum Gasteiger partial charge on any atom is 0.0944 e. The van der Waals surface area contributed by atoms with Crippen LogP contribution < -0.4 is 5.73 Å². The summed E-state index contributed by atoms with van der Waals surface area (Å²) < 4.78 is 1.19. The zero-order valence-corrected chi connectivity index (χ0v) is 12.6. The Morgan fingerprint density at radius 2 is 2.05 bits per heavy atom. The van der Waals surface area contributed by atoms with E-state index >= 15 is 0 Å². The third-order valence-electron chi connectivity index (χ3n) is 4.27. The molecule has 0 radical (unpaired) electrons. The van der Waals surface area contributed by atoms with Gasteiger partial charge in [-0.15, -0.1) is 11.3 Å². The second-order valence-electron chi connectivity index (χ2n) is 5.66. The molecule has 3 rings (SSSR count). The number of rotatable bonds is 3. The second kappa shape index (κ2) is 5.39. The zero-order valence-electron chi connectivity index (χ0n) is 11.0. The van der Waals surface area contributed by atoms with Crippen molar-refractivity contribution >= 4 is 33.2 Å². The molecule has 0 saturated heterocycles. The van der Waals surface area contributed by atoms with Gasteiger partial charge in [-0.3, -0.25) is 0 Å². The first-order valence-corrected chi connectivity index (χ1v) is 8.15. The molecule has 1 fully saturated rings. The Labute approximate surface area is 123 Å². The number of aromatic nitrogens is 1. The van der Waals surface area contributed by atoms with Gasteiger partial charge in [0.05, 0.1) is 15.2 Å². The maximum atomic E-state index is 6.06. The lowest BCUT2D eigenvalue weighted by Crippen LogP contribution is -2.34. The Hall–Kier alpha value is -0.640. The van der Waals surface area contributed by atoms with Crippen LogP contribution in [0.3, 0.4) is 0 Å². The van der Waals surface area contributed by atoms with Crippen molar-refractivity contribution in [3.63, 3.8) is 0 Å². The number of benzene rings is 1. The van der Waals surface area contributed by atoms with E-state index in [1.54, 1.807) is 11.3 Å². The van der Waals surface area contributed by atoms with Gasteiger partial charge in [-0.1, -0.05) is 30.9 Å². The van der Waals surface area contributed by atoms with Crippen LogP contribution in [0.5, 0.6) is 0 Å². The van der Waals surface area contributed by atoms with Crippen molar-refractivity contribution in [3.05, 3.63) is 28.2 Å². The molecule has 1 aromatic carbocycles. The van der Waals surface area contributed by atoms with Crippen LogP contribution in [0.25, 0.3) is 10.2 Å². The van der Waals surface area contributed by atoms with E-state index in [2.05, 4.69) is 0 Å². The van der Waals surface area contributed by atoms with Gasteiger partial charge in [-0.05, 0) is 43.0 Å². The van der Waals surface area contributed by atoms with Crippen molar-refractivity contribution in [2.75, 3.05) is 6.54 Å². The Morgan fingerprint density at radius 3 is 2.79 bits per heavy atom. The molecule has 0 unspecified atom stereocenters. The number of fused-ring (bicyclic) bond motifs is 1. The van der Waals surface area contributed by atoms with Gasteiger partial charge in [-0.2, -0.15) is 0 Å². The number of hydrogen-bond acceptors (Lipinski definition) is 3. The van der Waals surface area contributed by atoms with Crippen molar-refractivity contribution in [1.29, 1.82) is 0 Å². The minimum Gasteiger partial charge on any atom is -0.330 e. The van der Waals surface area contributed by atoms with Gasteiger partial charge in [0.15, 0.2) is 0 Å². The van der Waals surface area contributed by atoms with Crippen LogP contribution in [0.4, 0.5) is 0 Å². The minimum absolute atomic E-state index is 0.288. The molecule has 0 aliphatic heterocycles. The van der Waals surface area contributed by atoms with Crippen molar-refractivity contribution in [2.24, 2.45) is 11.1 Å². The predicted molar refractivity (Wildman–Crippen MR) is 82.9 cm³/mol. The lowest BCUT2D eigenvalue weighted by molar-refractivity contribution is 0.197. The SMILES string of the molecule is NCC1(Cc2nc3ccc(Cl)cc3s2)CCCCC1. The van der Waals surface area contributed by atoms with Gasteiger partial charge in [0.1, 0.15) is 0 Å². The van der Waals surface area contributed by atoms with Crippen molar-refractivity contribution in [1.82, 2.24) is 4.98 Å². The summed E-state index contributed by atoms with van der Waals surface area (Å²) in [6.07, 6.45) is 7.51. The molecule has 0 amide bonds. The summed E-state index contributed by atoms with van der Waals surface area (Å²) in [5.74, 6) is 0. The predicted octanol–water partition coefficient (Wildman–Crippen LogP) is 4.40. The number of nitrogens with two attached hydrogens (primary N) is 1. The first-order valence-electron chi connectivity index (χ1n) is 6.96. The quantitative estimate of drug-likeness (QED) is 0.911. The van der Waals surface area contributed by atoms with Crippen LogP contribution in [0.1, 0.15) is 37.1 Å². The lowest BCUT2D eigenvalue weighted by atomic mass is 9.72. The van der Waals surface area contributed by atoms with E-state index in [0.29, 0.717) is 0 Å². The third-order valence-corrected chi connectivity index (χ3v) is 5.52. The molecule has 1 aliphatic rings. The summed E-state index contributed by atoms with van der Waals surface area (Å²) in [5, 5.41) is 2.00. The molecule has 2 nitrogen and oxygen atoms in total. The van der Waals surface area contributed by atoms with Crippen molar-refractivity contribution in [2.45, 2.75) is 38.5 Å². The van der Waals surface area contributed by atoms with Gasteiger partial charge < -0.3 is 5.73 Å². The largest absolute Gasteiger partial charge is 0.330 e. The van der Waals surface area contributed by atoms with Gasteiger partial charge in [-0.25, -0.2) is 4.98 Å². The van der Waals surface area contributed by atoms with Crippen LogP contribution in [0, 0.1) is 5.41 Å². The number of thiazole rings is 1. The summed E-state index contributed by atoms with van der Waals surface area (Å²) in [4.78, 5) is 4.75. The molecular weight excluding hydrogens is 276 g/mol. The molecular formula is C15H19ClN2S. The molecule has 1 heterocycles. The normalized spacial score (nSPS) is 18.8. The van der Waals surface area contributed by atoms with E-state index in [1.807, 2.05) is 18.2 Å². The van der Waals surface area contributed by atoms with Gasteiger partial charge >= 0.3 is 0 Å². The highest BCUT2D eigenvalue weighted by Gasteiger charge is 2.31. The topological polar surface area (TPSA) is 38.9 Å². The van der Waals surface area contributed by atoms with Crippen molar-refractivity contribution < 1.29 is 0 Å². The van der Waals surface area contributed by atoms with Gasteiger partial charge in [0.25, 0.3) is 0 Å². The van der Waals surface area contributed by atoms with Crippen LogP contribution in [-0.4, -0.2) is 11.5 Å². The average Bonchev–Trinajstić information content (AvgIpc) is 2.81. The summed E-state index contributed by atoms with van der Waals surface area (Å²) in [5.41, 5.74) is 7.41. The first kappa shape index (κ1) is 13.3. The highest BCUT2D eigenvalue weighted by atomic mass is 35.5. The van der Waals surface area contributed by atoms with E-state index < -0.39 is 0 Å². The Kier molecular flexibility index (Phi) is 3.79. The fourth-order valence-corrected chi connectivity index (χ4v) is 4.51. The summed E-state index contributed by atoms with van der Waals surface area (Å²) in [6.45, 7) is 0.781. The second-order valence-corrected chi connectivity index (χ2v) is 7.21. The number of hydrogen-bond donors (Lipinski definition) is 1. The number of halogens is 1. The zero-order chi connectivity index (χ0) is 13.3. The smallest absolute Gasteiger partial charge is 0.0944 e. The molecule has 102 valence electrons. The molecule has 1 aromatic heterocycles. The monoisotopic (exact) mass is 294 g/mol. The summed E-state index contributed by atoms with van der Waals surface area (Å²) >= 11 is 7.80. The van der Waals surface area contributed by atoms with E-state index in [1.165, 1.54) is 41.8 Å². The fraction of sp³-hybridized carbons (Fsp3) is 0.533. The molecule has 1 aliphatic carbocycles. The van der Waals surface area contributed by atoms with Crippen LogP contribution in [-0.2, 0) is 6.42 Å². The molecule has 1 saturated carbocycles. The molecule has 2 N–H and O–H groups in total. The third kappa shape index (κ3) is 2.78. The van der Waals surface area contributed by atoms with E-state index in [0.717, 1.165) is 23.5 Å². The fourth-order valence-electron chi connectivity index (χ4n) is 3.10. The Morgan fingerprint density at radius 1 is 1.26 bits per heavy atom. The molecule has 0 atom stereocenters.